The van der Waals surface area contributed by atoms with Gasteiger partial charge in [-0.05, 0) is 54.1 Å². The summed E-state index contributed by atoms with van der Waals surface area (Å²) in [7, 11) is -2.12. The molecular formula is C23H20N2O5S2. The van der Waals surface area contributed by atoms with Crippen LogP contribution in [0.5, 0.6) is 28.2 Å². The third kappa shape index (κ3) is 5.44. The van der Waals surface area contributed by atoms with Gasteiger partial charge in [0, 0.05) is 18.1 Å². The van der Waals surface area contributed by atoms with Crippen LogP contribution in [0.3, 0.4) is 0 Å². The van der Waals surface area contributed by atoms with Gasteiger partial charge in [-0.3, -0.25) is 0 Å². The number of hydrogen-bond acceptors (Lipinski definition) is 7. The summed E-state index contributed by atoms with van der Waals surface area (Å²) in [6, 6.07) is 20.6. The van der Waals surface area contributed by atoms with Crippen LogP contribution < -0.4 is 18.9 Å². The van der Waals surface area contributed by atoms with Crippen molar-refractivity contribution in [3.63, 3.8) is 0 Å². The Kier molecular flexibility index (Phi) is 6.69. The van der Waals surface area contributed by atoms with Crippen molar-refractivity contribution in [3.05, 3.63) is 89.9 Å². The molecule has 0 unspecified atom stereocenters. The highest BCUT2D eigenvalue weighted by molar-refractivity contribution is 7.89. The van der Waals surface area contributed by atoms with Crippen molar-refractivity contribution in [3.8, 4) is 28.2 Å². The molecule has 0 saturated carbocycles. The van der Waals surface area contributed by atoms with Crippen LogP contribution in [0.15, 0.2) is 89.3 Å². The topological polar surface area (TPSA) is 86.8 Å². The summed E-state index contributed by atoms with van der Waals surface area (Å²) in [6.07, 6.45) is 1.67. The lowest BCUT2D eigenvalue weighted by molar-refractivity contribution is 0.379. The number of nitrogens with zero attached hydrogens (tertiary/aromatic N) is 1. The summed E-state index contributed by atoms with van der Waals surface area (Å²) in [5, 5.41) is 2.38. The van der Waals surface area contributed by atoms with Crippen molar-refractivity contribution in [1.82, 2.24) is 9.71 Å². The molecule has 0 aliphatic rings. The fourth-order valence-electron chi connectivity index (χ4n) is 2.82. The van der Waals surface area contributed by atoms with Crippen LogP contribution in [-0.2, 0) is 16.6 Å². The Morgan fingerprint density at radius 1 is 0.875 bits per heavy atom. The molecule has 3 aromatic carbocycles. The van der Waals surface area contributed by atoms with Crippen molar-refractivity contribution in [2.24, 2.45) is 0 Å². The van der Waals surface area contributed by atoms with Crippen LogP contribution in [0.4, 0.5) is 0 Å². The Labute approximate surface area is 190 Å². The molecule has 0 spiro atoms. The zero-order valence-electron chi connectivity index (χ0n) is 17.1. The standard InChI is InChI=1S/C23H20N2O5S2/c1-28-21-4-2-3-5-22(21)29-18-10-12-20(13-11-18)32(26,27)25-16-17-6-8-19(9-7-17)30-23-24-14-15-31-23/h2-15,25H,16H2,1H3. The van der Waals surface area contributed by atoms with E-state index in [2.05, 4.69) is 9.71 Å². The van der Waals surface area contributed by atoms with E-state index in [0.717, 1.165) is 5.56 Å². The summed E-state index contributed by atoms with van der Waals surface area (Å²) < 4.78 is 44.6. The molecule has 1 N–H and O–H groups in total. The summed E-state index contributed by atoms with van der Waals surface area (Å²) in [5.74, 6) is 2.28. The lowest BCUT2D eigenvalue weighted by Gasteiger charge is -2.11. The normalized spacial score (nSPS) is 11.2. The van der Waals surface area contributed by atoms with Crippen LogP contribution >= 0.6 is 11.3 Å². The van der Waals surface area contributed by atoms with E-state index in [1.54, 1.807) is 61.8 Å². The highest BCUT2D eigenvalue weighted by Crippen LogP contribution is 2.31. The van der Waals surface area contributed by atoms with Crippen molar-refractivity contribution < 1.29 is 22.6 Å². The molecular weight excluding hydrogens is 448 g/mol. The second-order valence-electron chi connectivity index (χ2n) is 6.59. The molecule has 32 heavy (non-hydrogen) atoms. The van der Waals surface area contributed by atoms with E-state index in [0.29, 0.717) is 28.2 Å². The van der Waals surface area contributed by atoms with Gasteiger partial charge in [-0.15, -0.1) is 0 Å². The van der Waals surface area contributed by atoms with Crippen molar-refractivity contribution in [2.75, 3.05) is 7.11 Å². The van der Waals surface area contributed by atoms with Gasteiger partial charge in [0.1, 0.15) is 11.5 Å². The average molecular weight is 469 g/mol. The van der Waals surface area contributed by atoms with Crippen molar-refractivity contribution >= 4 is 21.4 Å². The number of para-hydroxylation sites is 2. The van der Waals surface area contributed by atoms with E-state index in [-0.39, 0.29) is 11.4 Å². The first-order chi connectivity index (χ1) is 15.5. The molecule has 0 aliphatic carbocycles. The molecule has 4 aromatic rings. The highest BCUT2D eigenvalue weighted by atomic mass is 32.2. The van der Waals surface area contributed by atoms with Gasteiger partial charge in [-0.2, -0.15) is 0 Å². The van der Waals surface area contributed by atoms with Gasteiger partial charge in [-0.1, -0.05) is 35.6 Å². The monoisotopic (exact) mass is 468 g/mol. The maximum Gasteiger partial charge on any atom is 0.278 e. The number of benzene rings is 3. The van der Waals surface area contributed by atoms with Crippen LogP contribution in [-0.4, -0.2) is 20.5 Å². The first kappa shape index (κ1) is 21.8. The third-order valence-electron chi connectivity index (χ3n) is 4.44. The summed E-state index contributed by atoms with van der Waals surface area (Å²) >= 11 is 1.40. The maximum atomic E-state index is 12.7. The molecule has 1 aromatic heterocycles. The minimum atomic E-state index is -3.68. The Balaban J connectivity index is 1.37. The van der Waals surface area contributed by atoms with Gasteiger partial charge < -0.3 is 14.2 Å². The molecule has 9 heteroatoms. The summed E-state index contributed by atoms with van der Waals surface area (Å²) in [6.45, 7) is 0.152. The lowest BCUT2D eigenvalue weighted by atomic mass is 10.2. The van der Waals surface area contributed by atoms with Crippen molar-refractivity contribution in [2.45, 2.75) is 11.4 Å². The minimum absolute atomic E-state index is 0.147. The first-order valence-corrected chi connectivity index (χ1v) is 12.0. The maximum absolute atomic E-state index is 12.7. The molecule has 0 aliphatic heterocycles. The highest BCUT2D eigenvalue weighted by Gasteiger charge is 2.14. The fourth-order valence-corrected chi connectivity index (χ4v) is 4.34. The van der Waals surface area contributed by atoms with Gasteiger partial charge in [0.2, 0.25) is 10.0 Å². The van der Waals surface area contributed by atoms with Gasteiger partial charge in [0.25, 0.3) is 5.19 Å². The van der Waals surface area contributed by atoms with Crippen LogP contribution in [0.1, 0.15) is 5.56 Å². The first-order valence-electron chi connectivity index (χ1n) is 9.60. The largest absolute Gasteiger partial charge is 0.493 e. The number of aromatic nitrogens is 1. The Morgan fingerprint density at radius 3 is 2.19 bits per heavy atom. The molecule has 0 bridgehead atoms. The molecule has 0 fully saturated rings. The average Bonchev–Trinajstić information content (AvgIpc) is 3.32. The number of methoxy groups -OCH3 is 1. The molecule has 164 valence electrons. The van der Waals surface area contributed by atoms with Crippen LogP contribution in [0, 0.1) is 0 Å². The predicted octanol–water partition coefficient (Wildman–Crippen LogP) is 5.21. The van der Waals surface area contributed by atoms with Crippen LogP contribution in [0.25, 0.3) is 0 Å². The van der Waals surface area contributed by atoms with E-state index in [1.807, 2.05) is 17.5 Å². The zero-order chi connectivity index (χ0) is 22.4. The van der Waals surface area contributed by atoms with Gasteiger partial charge in [-0.25, -0.2) is 18.1 Å². The molecule has 1 heterocycles. The zero-order valence-corrected chi connectivity index (χ0v) is 18.7. The second kappa shape index (κ2) is 9.82. The molecule has 0 atom stereocenters. The number of rotatable bonds is 9. The molecule has 0 saturated heterocycles. The molecule has 7 nitrogen and oxygen atoms in total. The number of thiazole rings is 1. The SMILES string of the molecule is COc1ccccc1Oc1ccc(S(=O)(=O)NCc2ccc(Oc3nccs3)cc2)cc1. The van der Waals surface area contributed by atoms with E-state index >= 15 is 0 Å². The molecule has 0 amide bonds. The smallest absolute Gasteiger partial charge is 0.278 e. The van der Waals surface area contributed by atoms with E-state index < -0.39 is 10.0 Å². The quantitative estimate of drug-likeness (QED) is 0.363. The molecule has 0 radical (unpaired) electrons. The van der Waals surface area contributed by atoms with Crippen molar-refractivity contribution in [1.29, 1.82) is 0 Å². The summed E-state index contributed by atoms with van der Waals surface area (Å²) in [5.41, 5.74) is 0.802. The van der Waals surface area contributed by atoms with Gasteiger partial charge in [0.15, 0.2) is 11.5 Å². The number of hydrogen-bond donors (Lipinski definition) is 1. The molecule has 4 rings (SSSR count). The van der Waals surface area contributed by atoms with E-state index in [4.69, 9.17) is 14.2 Å². The van der Waals surface area contributed by atoms with E-state index in [1.165, 1.54) is 23.5 Å². The minimum Gasteiger partial charge on any atom is -0.493 e. The Hall–Kier alpha value is -3.40. The summed E-state index contributed by atoms with van der Waals surface area (Å²) in [4.78, 5) is 4.21. The Morgan fingerprint density at radius 2 is 1.53 bits per heavy atom. The Bertz CT molecular complexity index is 1260. The van der Waals surface area contributed by atoms with Gasteiger partial charge >= 0.3 is 0 Å². The lowest BCUT2D eigenvalue weighted by Crippen LogP contribution is -2.23. The third-order valence-corrected chi connectivity index (χ3v) is 6.50. The predicted molar refractivity (Wildman–Crippen MR) is 122 cm³/mol. The number of ether oxygens (including phenoxy) is 3. The number of nitrogens with one attached hydrogen (secondary N) is 1. The van der Waals surface area contributed by atoms with E-state index in [9.17, 15) is 8.42 Å². The van der Waals surface area contributed by atoms with Crippen LogP contribution in [0.2, 0.25) is 0 Å². The van der Waals surface area contributed by atoms with Gasteiger partial charge in [0.05, 0.1) is 12.0 Å². The second-order valence-corrected chi connectivity index (χ2v) is 9.22. The fraction of sp³-hybridized carbons (Fsp3) is 0.0870. The number of sulfonamides is 1.